The molecule has 3 rings (SSSR count). The van der Waals surface area contributed by atoms with Gasteiger partial charge in [-0.2, -0.15) is 13.2 Å². The molecule has 2 aromatic carbocycles. The van der Waals surface area contributed by atoms with Crippen molar-refractivity contribution in [3.8, 4) is 5.69 Å². The SMILES string of the molecule is Cc1ccc(C(=O)N(N)c2ccc(Br)cc2)c(=O)n1-c1cccc(C(F)(F)F)c1. The third-order valence-electron chi connectivity index (χ3n) is 4.26. The van der Waals surface area contributed by atoms with Gasteiger partial charge in [0.25, 0.3) is 11.5 Å². The van der Waals surface area contributed by atoms with Crippen LogP contribution in [0, 0.1) is 6.92 Å². The first-order valence-electron chi connectivity index (χ1n) is 8.34. The molecule has 0 atom stereocenters. The van der Waals surface area contributed by atoms with Crippen LogP contribution < -0.4 is 16.4 Å². The molecule has 1 heterocycles. The number of carbonyl (C=O) groups excluding carboxylic acids is 1. The van der Waals surface area contributed by atoms with Crippen molar-refractivity contribution < 1.29 is 18.0 Å². The van der Waals surface area contributed by atoms with Gasteiger partial charge in [-0.3, -0.25) is 14.2 Å². The Bertz CT molecular complexity index is 1130. The van der Waals surface area contributed by atoms with Crippen LogP contribution in [-0.4, -0.2) is 10.5 Å². The van der Waals surface area contributed by atoms with E-state index in [0.29, 0.717) is 11.4 Å². The number of nitrogens with two attached hydrogens (primary N) is 1. The van der Waals surface area contributed by atoms with Crippen molar-refractivity contribution in [2.75, 3.05) is 5.01 Å². The number of hydrazine groups is 1. The van der Waals surface area contributed by atoms with Crippen molar-refractivity contribution in [2.45, 2.75) is 13.1 Å². The summed E-state index contributed by atoms with van der Waals surface area (Å²) < 4.78 is 41.0. The summed E-state index contributed by atoms with van der Waals surface area (Å²) in [6.07, 6.45) is -4.56. The van der Waals surface area contributed by atoms with Gasteiger partial charge in [0, 0.05) is 15.9 Å². The predicted octanol–water partition coefficient (Wildman–Crippen LogP) is 4.45. The lowest BCUT2D eigenvalue weighted by Gasteiger charge is -2.18. The van der Waals surface area contributed by atoms with Crippen LogP contribution in [0.3, 0.4) is 0 Å². The average molecular weight is 466 g/mol. The fourth-order valence-corrected chi connectivity index (χ4v) is 3.05. The monoisotopic (exact) mass is 465 g/mol. The van der Waals surface area contributed by atoms with Crippen molar-refractivity contribution in [3.05, 3.63) is 92.3 Å². The predicted molar refractivity (Wildman–Crippen MR) is 107 cm³/mol. The molecule has 0 fully saturated rings. The lowest BCUT2D eigenvalue weighted by Crippen LogP contribution is -2.41. The Labute approximate surface area is 172 Å². The van der Waals surface area contributed by atoms with E-state index in [-0.39, 0.29) is 11.3 Å². The van der Waals surface area contributed by atoms with Gasteiger partial charge >= 0.3 is 6.18 Å². The van der Waals surface area contributed by atoms with Crippen LogP contribution >= 0.6 is 15.9 Å². The summed E-state index contributed by atoms with van der Waals surface area (Å²) in [6.45, 7) is 1.56. The standard InChI is InChI=1S/C20H15BrF3N3O2/c1-12-5-10-17(19(29)27(25)15-8-6-14(21)7-9-15)18(28)26(12)16-4-2-3-13(11-16)20(22,23)24/h2-11H,25H2,1H3. The molecular formula is C20H15BrF3N3O2. The molecule has 29 heavy (non-hydrogen) atoms. The highest BCUT2D eigenvalue weighted by Crippen LogP contribution is 2.30. The topological polar surface area (TPSA) is 68.3 Å². The van der Waals surface area contributed by atoms with E-state index in [1.807, 2.05) is 0 Å². The molecule has 1 aromatic heterocycles. The molecule has 0 aliphatic rings. The maximum atomic E-state index is 13.0. The van der Waals surface area contributed by atoms with Crippen LogP contribution in [0.25, 0.3) is 5.69 Å². The average Bonchev–Trinajstić information content (AvgIpc) is 2.67. The Kier molecular flexibility index (Phi) is 5.63. The molecule has 0 spiro atoms. The molecule has 0 aliphatic carbocycles. The molecule has 9 heteroatoms. The maximum Gasteiger partial charge on any atom is 0.416 e. The van der Waals surface area contributed by atoms with E-state index in [0.717, 1.165) is 26.2 Å². The molecule has 2 N–H and O–H groups in total. The quantitative estimate of drug-likeness (QED) is 0.353. The van der Waals surface area contributed by atoms with Gasteiger partial charge in [-0.25, -0.2) is 10.9 Å². The number of hydrogen-bond acceptors (Lipinski definition) is 3. The fraction of sp³-hybridized carbons (Fsp3) is 0.100. The number of alkyl halides is 3. The van der Waals surface area contributed by atoms with Gasteiger partial charge < -0.3 is 0 Å². The molecule has 0 bridgehead atoms. The third-order valence-corrected chi connectivity index (χ3v) is 4.79. The van der Waals surface area contributed by atoms with E-state index in [4.69, 9.17) is 5.84 Å². The highest BCUT2D eigenvalue weighted by atomic mass is 79.9. The van der Waals surface area contributed by atoms with Gasteiger partial charge in [0.2, 0.25) is 0 Å². The molecular weight excluding hydrogens is 451 g/mol. The van der Waals surface area contributed by atoms with Gasteiger partial charge in [0.15, 0.2) is 0 Å². The Morgan fingerprint density at radius 3 is 2.34 bits per heavy atom. The molecule has 5 nitrogen and oxygen atoms in total. The van der Waals surface area contributed by atoms with E-state index in [2.05, 4.69) is 15.9 Å². The number of nitrogens with zero attached hydrogens (tertiary/aromatic N) is 2. The first-order valence-corrected chi connectivity index (χ1v) is 9.14. The fourth-order valence-electron chi connectivity index (χ4n) is 2.78. The van der Waals surface area contributed by atoms with Crippen LogP contribution in [0.1, 0.15) is 21.6 Å². The summed E-state index contributed by atoms with van der Waals surface area (Å²) in [5.41, 5.74) is -1.19. The number of hydrogen-bond donors (Lipinski definition) is 1. The summed E-state index contributed by atoms with van der Waals surface area (Å²) in [7, 11) is 0. The minimum absolute atomic E-state index is 0.00388. The number of benzene rings is 2. The number of amides is 1. The van der Waals surface area contributed by atoms with Gasteiger partial charge in [0.05, 0.1) is 11.3 Å². The van der Waals surface area contributed by atoms with E-state index in [1.54, 1.807) is 31.2 Å². The van der Waals surface area contributed by atoms with Crippen LogP contribution in [0.4, 0.5) is 18.9 Å². The molecule has 0 unspecified atom stereocenters. The van der Waals surface area contributed by atoms with Gasteiger partial charge in [-0.15, -0.1) is 0 Å². The molecule has 0 radical (unpaired) electrons. The number of carbonyl (C=O) groups is 1. The lowest BCUT2D eigenvalue weighted by molar-refractivity contribution is -0.137. The highest BCUT2D eigenvalue weighted by Gasteiger charge is 2.31. The van der Waals surface area contributed by atoms with E-state index < -0.39 is 23.2 Å². The van der Waals surface area contributed by atoms with E-state index in [9.17, 15) is 22.8 Å². The first-order chi connectivity index (χ1) is 13.6. The Morgan fingerprint density at radius 2 is 1.72 bits per heavy atom. The number of aromatic nitrogens is 1. The van der Waals surface area contributed by atoms with Gasteiger partial charge in [0.1, 0.15) is 5.56 Å². The number of pyridine rings is 1. The smallest absolute Gasteiger partial charge is 0.281 e. The Balaban J connectivity index is 2.07. The molecule has 3 aromatic rings. The van der Waals surface area contributed by atoms with Crippen molar-refractivity contribution in [1.29, 1.82) is 0 Å². The van der Waals surface area contributed by atoms with Crippen LogP contribution in [-0.2, 0) is 6.18 Å². The van der Waals surface area contributed by atoms with Crippen molar-refractivity contribution in [3.63, 3.8) is 0 Å². The zero-order valence-electron chi connectivity index (χ0n) is 15.1. The second kappa shape index (κ2) is 7.84. The molecule has 0 saturated carbocycles. The van der Waals surface area contributed by atoms with Gasteiger partial charge in [-0.1, -0.05) is 22.0 Å². The second-order valence-corrected chi connectivity index (χ2v) is 7.14. The van der Waals surface area contributed by atoms with Crippen molar-refractivity contribution >= 4 is 27.5 Å². The minimum Gasteiger partial charge on any atom is -0.281 e. The second-order valence-electron chi connectivity index (χ2n) is 6.23. The molecule has 0 aliphatic heterocycles. The van der Waals surface area contributed by atoms with Crippen molar-refractivity contribution in [1.82, 2.24) is 4.57 Å². The minimum atomic E-state index is -4.56. The molecule has 1 amide bonds. The van der Waals surface area contributed by atoms with E-state index >= 15 is 0 Å². The summed E-state index contributed by atoms with van der Waals surface area (Å²) in [5, 5.41) is 0.814. The van der Waals surface area contributed by atoms with E-state index in [1.165, 1.54) is 24.3 Å². The maximum absolute atomic E-state index is 13.0. The van der Waals surface area contributed by atoms with Crippen LogP contribution in [0.5, 0.6) is 0 Å². The highest BCUT2D eigenvalue weighted by molar-refractivity contribution is 9.10. The third kappa shape index (κ3) is 4.25. The van der Waals surface area contributed by atoms with Crippen LogP contribution in [0.15, 0.2) is 69.9 Å². The zero-order valence-corrected chi connectivity index (χ0v) is 16.7. The largest absolute Gasteiger partial charge is 0.416 e. The Morgan fingerprint density at radius 1 is 1.07 bits per heavy atom. The summed E-state index contributed by atoms with van der Waals surface area (Å²) in [5.74, 6) is 5.09. The lowest BCUT2D eigenvalue weighted by atomic mass is 10.1. The summed E-state index contributed by atoms with van der Waals surface area (Å²) >= 11 is 3.27. The van der Waals surface area contributed by atoms with Crippen molar-refractivity contribution in [2.24, 2.45) is 5.84 Å². The summed E-state index contributed by atoms with van der Waals surface area (Å²) in [6, 6.07) is 13.7. The summed E-state index contributed by atoms with van der Waals surface area (Å²) in [4.78, 5) is 25.7. The molecule has 150 valence electrons. The zero-order chi connectivity index (χ0) is 21.3. The number of aryl methyl sites for hydroxylation is 1. The Hall–Kier alpha value is -2.91. The first kappa shape index (κ1) is 20.8. The number of halogens is 4. The number of rotatable bonds is 3. The number of anilines is 1. The van der Waals surface area contributed by atoms with Gasteiger partial charge in [-0.05, 0) is 61.5 Å². The van der Waals surface area contributed by atoms with Crippen LogP contribution in [0.2, 0.25) is 0 Å². The normalized spacial score (nSPS) is 11.4. The molecule has 0 saturated heterocycles.